The quantitative estimate of drug-likeness (QED) is 0.348. The number of rotatable bonds is 3. The highest BCUT2D eigenvalue weighted by Gasteiger charge is 2.34. The highest BCUT2D eigenvalue weighted by atomic mass is 19.4. The zero-order valence-electron chi connectivity index (χ0n) is 18.8. The van der Waals surface area contributed by atoms with E-state index in [1.807, 2.05) is 42.7 Å². The van der Waals surface area contributed by atoms with Crippen LogP contribution in [-0.2, 0) is 11.6 Å². The Hall–Kier alpha value is -4.52. The highest BCUT2D eigenvalue weighted by molar-refractivity contribution is 5.90. The lowest BCUT2D eigenvalue weighted by Crippen LogP contribution is -2.16. The smallest absolute Gasteiger partial charge is 0.383 e. The Morgan fingerprint density at radius 3 is 2.40 bits per heavy atom. The molecule has 2 aromatic heterocycles. The number of alkyl halides is 3. The number of fused-ring (bicyclic) bond motifs is 3. The van der Waals surface area contributed by atoms with Gasteiger partial charge in [-0.05, 0) is 55.3 Å². The minimum absolute atomic E-state index is 0.295. The molecule has 0 fully saturated rings. The summed E-state index contributed by atoms with van der Waals surface area (Å²) in [5, 5.41) is 9.41. The zero-order chi connectivity index (χ0) is 25.0. The predicted molar refractivity (Wildman–Crippen MR) is 128 cm³/mol. The van der Waals surface area contributed by atoms with Crippen LogP contribution in [0, 0.1) is 11.3 Å². The maximum atomic E-state index is 13.4. The summed E-state index contributed by atoms with van der Waals surface area (Å²) in [6, 6.07) is 16.2. The van der Waals surface area contributed by atoms with Gasteiger partial charge >= 0.3 is 6.18 Å². The van der Waals surface area contributed by atoms with Gasteiger partial charge in [-0.3, -0.25) is 15.4 Å². The first-order valence-electron chi connectivity index (χ1n) is 10.7. The molecule has 3 heterocycles. The van der Waals surface area contributed by atoms with Crippen molar-refractivity contribution in [1.29, 1.82) is 5.26 Å². The third-order valence-electron chi connectivity index (χ3n) is 6.06. The number of nitrogens with one attached hydrogen (secondary N) is 2. The van der Waals surface area contributed by atoms with Crippen LogP contribution in [0.2, 0.25) is 0 Å². The second-order valence-corrected chi connectivity index (χ2v) is 8.76. The molecule has 7 nitrogen and oxygen atoms in total. The summed E-state index contributed by atoms with van der Waals surface area (Å²) in [4.78, 5) is 8.20. The van der Waals surface area contributed by atoms with E-state index in [0.29, 0.717) is 16.9 Å². The average Bonchev–Trinajstić information content (AvgIpc) is 3.28. The van der Waals surface area contributed by atoms with Crippen LogP contribution in [0.25, 0.3) is 28.1 Å². The Balaban J connectivity index is 1.60. The van der Waals surface area contributed by atoms with Gasteiger partial charge in [0.2, 0.25) is 0 Å². The standard InChI is InChI=1S/C25H20F3N7/c1-24(2,12-29)16-4-6-17(7-5-16)35-13-32-23-21(35)18-9-14(3-8-20(18)33-34-23)15-10-19(25(26,27)28)22(30)31-11-15/h3-11,13,33-34H,1-2H3,(H2,30,31). The maximum Gasteiger partial charge on any atom is 0.419 e. The number of nitrogens with zero attached hydrogens (tertiary/aromatic N) is 4. The van der Waals surface area contributed by atoms with Gasteiger partial charge in [0.15, 0.2) is 5.82 Å². The molecule has 1 aliphatic rings. The second-order valence-electron chi connectivity index (χ2n) is 8.76. The van der Waals surface area contributed by atoms with Crippen molar-refractivity contribution in [2.45, 2.75) is 25.4 Å². The topological polar surface area (TPSA) is 105 Å². The largest absolute Gasteiger partial charge is 0.419 e. The minimum Gasteiger partial charge on any atom is -0.383 e. The van der Waals surface area contributed by atoms with Crippen molar-refractivity contribution < 1.29 is 13.2 Å². The average molecular weight is 475 g/mol. The third-order valence-corrected chi connectivity index (χ3v) is 6.06. The molecular formula is C25H20F3N7. The fourth-order valence-corrected chi connectivity index (χ4v) is 4.01. The Morgan fingerprint density at radius 2 is 1.71 bits per heavy atom. The predicted octanol–water partition coefficient (Wildman–Crippen LogP) is 5.76. The number of pyridine rings is 1. The number of halogens is 3. The number of benzene rings is 2. The monoisotopic (exact) mass is 475 g/mol. The van der Waals surface area contributed by atoms with Crippen molar-refractivity contribution in [3.8, 4) is 34.1 Å². The molecule has 5 rings (SSSR count). The number of nitrogen functional groups attached to an aromatic ring is 1. The third kappa shape index (κ3) is 3.81. The highest BCUT2D eigenvalue weighted by Crippen LogP contribution is 2.41. The Bertz CT molecular complexity index is 1480. The van der Waals surface area contributed by atoms with E-state index in [2.05, 4.69) is 26.9 Å². The van der Waals surface area contributed by atoms with E-state index in [4.69, 9.17) is 5.73 Å². The lowest BCUT2D eigenvalue weighted by Gasteiger charge is -2.22. The molecule has 0 saturated carbocycles. The molecule has 35 heavy (non-hydrogen) atoms. The van der Waals surface area contributed by atoms with E-state index in [0.717, 1.165) is 34.3 Å². The number of hydrazine groups is 1. The molecule has 0 unspecified atom stereocenters. The van der Waals surface area contributed by atoms with Crippen molar-refractivity contribution in [3.63, 3.8) is 0 Å². The van der Waals surface area contributed by atoms with Crippen LogP contribution in [0.1, 0.15) is 25.0 Å². The first-order valence-corrected chi connectivity index (χ1v) is 10.7. The summed E-state index contributed by atoms with van der Waals surface area (Å²) < 4.78 is 42.0. The van der Waals surface area contributed by atoms with Crippen molar-refractivity contribution in [1.82, 2.24) is 14.5 Å². The van der Waals surface area contributed by atoms with Gasteiger partial charge in [0, 0.05) is 23.0 Å². The molecule has 0 saturated heterocycles. The first-order chi connectivity index (χ1) is 16.6. The van der Waals surface area contributed by atoms with Crippen LogP contribution in [0.5, 0.6) is 0 Å². The van der Waals surface area contributed by atoms with Gasteiger partial charge in [0.05, 0.1) is 22.7 Å². The van der Waals surface area contributed by atoms with E-state index in [9.17, 15) is 18.4 Å². The molecule has 10 heteroatoms. The van der Waals surface area contributed by atoms with Crippen molar-refractivity contribution >= 4 is 17.3 Å². The molecule has 176 valence electrons. The Labute approximate surface area is 199 Å². The van der Waals surface area contributed by atoms with Crippen LogP contribution >= 0.6 is 0 Å². The lowest BCUT2D eigenvalue weighted by molar-refractivity contribution is -0.137. The normalized spacial score (nSPS) is 12.7. The fraction of sp³-hybridized carbons (Fsp3) is 0.160. The van der Waals surface area contributed by atoms with Crippen LogP contribution < -0.4 is 16.6 Å². The van der Waals surface area contributed by atoms with Gasteiger partial charge < -0.3 is 5.73 Å². The lowest BCUT2D eigenvalue weighted by atomic mass is 9.86. The molecule has 0 radical (unpaired) electrons. The number of imidazole rings is 1. The van der Waals surface area contributed by atoms with E-state index < -0.39 is 23.0 Å². The number of nitriles is 1. The second kappa shape index (κ2) is 7.77. The van der Waals surface area contributed by atoms with Crippen molar-refractivity contribution in [2.75, 3.05) is 16.6 Å². The minimum atomic E-state index is -4.61. The van der Waals surface area contributed by atoms with E-state index in [1.165, 1.54) is 6.20 Å². The van der Waals surface area contributed by atoms with Crippen LogP contribution in [-0.4, -0.2) is 14.5 Å². The summed E-state index contributed by atoms with van der Waals surface area (Å²) in [5.74, 6) is 0.0101. The summed E-state index contributed by atoms with van der Waals surface area (Å²) in [5.41, 5.74) is 14.8. The van der Waals surface area contributed by atoms with E-state index >= 15 is 0 Å². The Kier molecular flexibility index (Phi) is 4.95. The molecule has 4 N–H and O–H groups in total. The van der Waals surface area contributed by atoms with Crippen molar-refractivity contribution in [3.05, 3.63) is 72.2 Å². The molecule has 4 aromatic rings. The first kappa shape index (κ1) is 22.3. The van der Waals surface area contributed by atoms with Crippen LogP contribution in [0.4, 0.5) is 30.5 Å². The zero-order valence-corrected chi connectivity index (χ0v) is 18.8. The SMILES string of the molecule is CC(C)(C#N)c1ccc(-n2cnc3c2-c2cc(-c4cnc(N)c(C(F)(F)F)c4)ccc2NN3)cc1. The molecule has 0 atom stereocenters. The molecule has 0 bridgehead atoms. The number of aromatic nitrogens is 3. The van der Waals surface area contributed by atoms with Gasteiger partial charge in [-0.15, -0.1) is 0 Å². The van der Waals surface area contributed by atoms with Gasteiger partial charge in [0.1, 0.15) is 17.8 Å². The number of hydrogen-bond acceptors (Lipinski definition) is 6. The Morgan fingerprint density at radius 1 is 0.971 bits per heavy atom. The molecule has 2 aromatic carbocycles. The number of nitrogens with two attached hydrogens (primary N) is 1. The molecule has 1 aliphatic heterocycles. The summed E-state index contributed by atoms with van der Waals surface area (Å²) in [7, 11) is 0. The number of hydrogen-bond donors (Lipinski definition) is 3. The van der Waals surface area contributed by atoms with E-state index in [1.54, 1.807) is 24.5 Å². The molecule has 0 aliphatic carbocycles. The molecule has 0 amide bonds. The summed E-state index contributed by atoms with van der Waals surface area (Å²) in [6.07, 6.45) is -1.61. The summed E-state index contributed by atoms with van der Waals surface area (Å²) >= 11 is 0. The van der Waals surface area contributed by atoms with Gasteiger partial charge in [-0.1, -0.05) is 18.2 Å². The van der Waals surface area contributed by atoms with Gasteiger partial charge in [-0.25, -0.2) is 9.97 Å². The van der Waals surface area contributed by atoms with Gasteiger partial charge in [-0.2, -0.15) is 18.4 Å². The van der Waals surface area contributed by atoms with Gasteiger partial charge in [0.25, 0.3) is 0 Å². The number of anilines is 3. The summed E-state index contributed by atoms with van der Waals surface area (Å²) in [6.45, 7) is 3.70. The van der Waals surface area contributed by atoms with Crippen molar-refractivity contribution in [2.24, 2.45) is 0 Å². The van der Waals surface area contributed by atoms with E-state index in [-0.39, 0.29) is 0 Å². The fourth-order valence-electron chi connectivity index (χ4n) is 4.01. The van der Waals surface area contributed by atoms with Crippen LogP contribution in [0.15, 0.2) is 61.1 Å². The maximum absolute atomic E-state index is 13.4. The molecular weight excluding hydrogens is 455 g/mol. The molecule has 0 spiro atoms. The van der Waals surface area contributed by atoms with Crippen LogP contribution in [0.3, 0.4) is 0 Å².